The van der Waals surface area contributed by atoms with Gasteiger partial charge in [-0.3, -0.25) is 19.7 Å². The van der Waals surface area contributed by atoms with Gasteiger partial charge in [0.2, 0.25) is 11.8 Å². The van der Waals surface area contributed by atoms with Crippen molar-refractivity contribution < 1.29 is 14.5 Å². The third-order valence-electron chi connectivity index (χ3n) is 5.95. The molecule has 0 N–H and O–H groups in total. The lowest BCUT2D eigenvalue weighted by Crippen LogP contribution is -2.45. The Morgan fingerprint density at radius 1 is 1.03 bits per heavy atom. The van der Waals surface area contributed by atoms with Crippen molar-refractivity contribution in [3.05, 3.63) is 104 Å². The average Bonchev–Trinajstić information content (AvgIpc) is 3.30. The molecule has 0 spiro atoms. The monoisotopic (exact) mass is 505 g/mol. The summed E-state index contributed by atoms with van der Waals surface area (Å²) in [7, 11) is 0. The third kappa shape index (κ3) is 7.61. The Hall–Kier alpha value is -3.78. The van der Waals surface area contributed by atoms with E-state index < -0.39 is 4.92 Å². The SMILES string of the molecule is CCC(C)N(CC(=O)N(Cc1ccccc1)Cc1ccc(C)s1)C(=O)C=Cc1ccc([N+](=O)[O-])cc1. The zero-order chi connectivity index (χ0) is 26.1. The van der Waals surface area contributed by atoms with Crippen molar-refractivity contribution in [2.45, 2.75) is 46.3 Å². The second-order valence-corrected chi connectivity index (χ2v) is 10.0. The maximum Gasteiger partial charge on any atom is 0.269 e. The van der Waals surface area contributed by atoms with Crippen LogP contribution in [0.4, 0.5) is 5.69 Å². The predicted octanol–water partition coefficient (Wildman–Crippen LogP) is 5.83. The van der Waals surface area contributed by atoms with Crippen LogP contribution in [0.2, 0.25) is 0 Å². The van der Waals surface area contributed by atoms with Gasteiger partial charge in [-0.05, 0) is 61.7 Å². The second kappa shape index (κ2) is 12.8. The van der Waals surface area contributed by atoms with E-state index in [1.54, 1.807) is 39.3 Å². The first kappa shape index (κ1) is 26.8. The van der Waals surface area contributed by atoms with Crippen molar-refractivity contribution in [2.75, 3.05) is 6.54 Å². The van der Waals surface area contributed by atoms with E-state index in [-0.39, 0.29) is 30.1 Å². The minimum atomic E-state index is -0.465. The number of rotatable bonds is 11. The van der Waals surface area contributed by atoms with Gasteiger partial charge in [-0.2, -0.15) is 0 Å². The third-order valence-corrected chi connectivity index (χ3v) is 6.93. The van der Waals surface area contributed by atoms with Gasteiger partial charge in [-0.25, -0.2) is 0 Å². The lowest BCUT2D eigenvalue weighted by Gasteiger charge is -2.30. The summed E-state index contributed by atoms with van der Waals surface area (Å²) in [6.45, 7) is 6.85. The second-order valence-electron chi connectivity index (χ2n) is 8.65. The number of hydrogen-bond donors (Lipinski definition) is 0. The molecule has 0 aliphatic rings. The number of hydrogen-bond acceptors (Lipinski definition) is 5. The van der Waals surface area contributed by atoms with Gasteiger partial charge in [0.15, 0.2) is 0 Å². The lowest BCUT2D eigenvalue weighted by molar-refractivity contribution is -0.384. The summed E-state index contributed by atoms with van der Waals surface area (Å²) < 4.78 is 0. The molecule has 2 amide bonds. The molecular formula is C28H31N3O4S. The minimum Gasteiger partial charge on any atom is -0.332 e. The molecular weight excluding hydrogens is 474 g/mol. The van der Waals surface area contributed by atoms with Crippen LogP contribution in [0.25, 0.3) is 6.08 Å². The van der Waals surface area contributed by atoms with Crippen LogP contribution < -0.4 is 0 Å². The molecule has 0 aliphatic heterocycles. The quantitative estimate of drug-likeness (QED) is 0.186. The van der Waals surface area contributed by atoms with Crippen molar-refractivity contribution in [3.8, 4) is 0 Å². The number of nitrogens with zero attached hydrogens (tertiary/aromatic N) is 3. The maximum atomic E-state index is 13.5. The van der Waals surface area contributed by atoms with Crippen LogP contribution in [0.15, 0.2) is 72.8 Å². The van der Waals surface area contributed by atoms with Crippen LogP contribution in [-0.4, -0.2) is 39.1 Å². The molecule has 1 unspecified atom stereocenters. The zero-order valence-corrected chi connectivity index (χ0v) is 21.6. The van der Waals surface area contributed by atoms with Crippen molar-refractivity contribution in [3.63, 3.8) is 0 Å². The van der Waals surface area contributed by atoms with Gasteiger partial charge in [0.05, 0.1) is 11.5 Å². The summed E-state index contributed by atoms with van der Waals surface area (Å²) in [5.74, 6) is -0.398. The predicted molar refractivity (Wildman–Crippen MR) is 143 cm³/mol. The molecule has 1 aromatic heterocycles. The van der Waals surface area contributed by atoms with Gasteiger partial charge in [-0.1, -0.05) is 37.3 Å². The standard InChI is InChI=1S/C28H31N3O4S/c1-4-21(2)30(27(32)17-13-23-11-14-25(15-12-23)31(34)35)20-28(33)29(18-24-8-6-5-7-9-24)19-26-16-10-22(3)36-26/h5-17,21H,4,18-20H2,1-3H3. The fourth-order valence-corrected chi connectivity index (χ4v) is 4.59. The highest BCUT2D eigenvalue weighted by molar-refractivity contribution is 7.11. The van der Waals surface area contributed by atoms with Crippen LogP contribution in [0, 0.1) is 17.0 Å². The molecule has 0 fully saturated rings. The topological polar surface area (TPSA) is 83.8 Å². The minimum absolute atomic E-state index is 0.00949. The highest BCUT2D eigenvalue weighted by Gasteiger charge is 2.24. The Labute approximate surface area is 215 Å². The molecule has 7 nitrogen and oxygen atoms in total. The molecule has 1 atom stereocenters. The first-order chi connectivity index (χ1) is 17.3. The van der Waals surface area contributed by atoms with E-state index in [4.69, 9.17) is 0 Å². The highest BCUT2D eigenvalue weighted by Crippen LogP contribution is 2.20. The van der Waals surface area contributed by atoms with Crippen LogP contribution in [0.3, 0.4) is 0 Å². The molecule has 2 aromatic carbocycles. The van der Waals surface area contributed by atoms with E-state index in [0.717, 1.165) is 10.4 Å². The van der Waals surface area contributed by atoms with Gasteiger partial charge in [-0.15, -0.1) is 11.3 Å². The first-order valence-corrected chi connectivity index (χ1v) is 12.7. The number of nitro benzene ring substituents is 1. The molecule has 0 aliphatic carbocycles. The molecule has 1 heterocycles. The molecule has 8 heteroatoms. The number of carbonyl (C=O) groups is 2. The van der Waals surface area contributed by atoms with Crippen LogP contribution >= 0.6 is 11.3 Å². The van der Waals surface area contributed by atoms with Crippen LogP contribution in [-0.2, 0) is 22.7 Å². The fourth-order valence-electron chi connectivity index (χ4n) is 3.68. The van der Waals surface area contributed by atoms with Crippen LogP contribution in [0.1, 0.15) is 41.1 Å². The van der Waals surface area contributed by atoms with Gasteiger partial charge >= 0.3 is 0 Å². The van der Waals surface area contributed by atoms with E-state index in [1.165, 1.54) is 23.1 Å². The van der Waals surface area contributed by atoms with E-state index >= 15 is 0 Å². The molecule has 0 saturated heterocycles. The molecule has 3 aromatic rings. The smallest absolute Gasteiger partial charge is 0.269 e. The van der Waals surface area contributed by atoms with E-state index in [2.05, 4.69) is 0 Å². The van der Waals surface area contributed by atoms with E-state index in [9.17, 15) is 19.7 Å². The van der Waals surface area contributed by atoms with Crippen molar-refractivity contribution in [1.82, 2.24) is 9.80 Å². The van der Waals surface area contributed by atoms with E-state index in [1.807, 2.05) is 63.2 Å². The summed E-state index contributed by atoms with van der Waals surface area (Å²) in [6.07, 6.45) is 3.74. The largest absolute Gasteiger partial charge is 0.332 e. The number of aryl methyl sites for hydroxylation is 1. The zero-order valence-electron chi connectivity index (χ0n) is 20.8. The number of nitro groups is 1. The molecule has 3 rings (SSSR count). The normalized spacial score (nSPS) is 11.9. The van der Waals surface area contributed by atoms with Crippen molar-refractivity contribution in [2.24, 2.45) is 0 Å². The summed E-state index contributed by atoms with van der Waals surface area (Å²) in [4.78, 5) is 42.7. The number of carbonyl (C=O) groups excluding carboxylic acids is 2. The van der Waals surface area contributed by atoms with Crippen molar-refractivity contribution >= 4 is 34.9 Å². The molecule has 36 heavy (non-hydrogen) atoms. The summed E-state index contributed by atoms with van der Waals surface area (Å²) in [6, 6.07) is 19.7. The Kier molecular flexibility index (Phi) is 9.53. The van der Waals surface area contributed by atoms with Gasteiger partial charge < -0.3 is 9.80 Å². The Balaban J connectivity index is 1.77. The van der Waals surface area contributed by atoms with Crippen LogP contribution in [0.5, 0.6) is 0 Å². The number of non-ortho nitro benzene ring substituents is 1. The number of amides is 2. The van der Waals surface area contributed by atoms with Gasteiger partial charge in [0.1, 0.15) is 6.54 Å². The molecule has 0 saturated carbocycles. The van der Waals surface area contributed by atoms with Crippen molar-refractivity contribution in [1.29, 1.82) is 0 Å². The molecule has 188 valence electrons. The Morgan fingerprint density at radius 3 is 2.31 bits per heavy atom. The summed E-state index contributed by atoms with van der Waals surface area (Å²) in [5, 5.41) is 10.9. The van der Waals surface area contributed by atoms with Gasteiger partial charge in [0, 0.05) is 40.5 Å². The number of benzene rings is 2. The summed E-state index contributed by atoms with van der Waals surface area (Å²) >= 11 is 1.66. The average molecular weight is 506 g/mol. The Bertz CT molecular complexity index is 1210. The van der Waals surface area contributed by atoms with E-state index in [0.29, 0.717) is 25.1 Å². The first-order valence-electron chi connectivity index (χ1n) is 11.9. The lowest BCUT2D eigenvalue weighted by atomic mass is 10.1. The van der Waals surface area contributed by atoms with Gasteiger partial charge in [0.25, 0.3) is 5.69 Å². The Morgan fingerprint density at radius 2 is 1.72 bits per heavy atom. The molecule has 0 radical (unpaired) electrons. The molecule has 0 bridgehead atoms. The summed E-state index contributed by atoms with van der Waals surface area (Å²) in [5.41, 5.74) is 1.69. The maximum absolute atomic E-state index is 13.5. The fraction of sp³-hybridized carbons (Fsp3) is 0.286. The highest BCUT2D eigenvalue weighted by atomic mass is 32.1. The number of thiophene rings is 1.